The van der Waals surface area contributed by atoms with Gasteiger partial charge in [-0.1, -0.05) is 25.3 Å². The topological polar surface area (TPSA) is 47.4 Å². The van der Waals surface area contributed by atoms with Crippen LogP contribution >= 0.6 is 0 Å². The number of methoxy groups -OCH3 is 1. The number of ether oxygens (including phenoxy) is 1. The molecular formula is C26H31N3O2. The molecule has 2 aromatic heterocycles. The van der Waals surface area contributed by atoms with Crippen LogP contribution in [-0.4, -0.2) is 39.6 Å². The number of fused-ring (bicyclic) bond motifs is 1. The SMILES string of the molecule is COc1cc(Cn2ccc3ncccc32)ccc1C(=O)N(C1CCCCC1)C1CCC1. The fraction of sp³-hybridized carbons (Fsp3) is 0.462. The Labute approximate surface area is 184 Å². The summed E-state index contributed by atoms with van der Waals surface area (Å²) in [6, 6.07) is 12.9. The fourth-order valence-electron chi connectivity index (χ4n) is 5.16. The molecule has 0 atom stereocenters. The van der Waals surface area contributed by atoms with Gasteiger partial charge in [-0.2, -0.15) is 0 Å². The van der Waals surface area contributed by atoms with Gasteiger partial charge in [-0.05, 0) is 68.0 Å². The first-order valence-corrected chi connectivity index (χ1v) is 11.6. The summed E-state index contributed by atoms with van der Waals surface area (Å²) in [6.07, 6.45) is 13.4. The Hall–Kier alpha value is -2.82. The molecule has 0 spiro atoms. The summed E-state index contributed by atoms with van der Waals surface area (Å²) in [6.45, 7) is 0.717. The smallest absolute Gasteiger partial charge is 0.258 e. The number of hydrogen-bond donors (Lipinski definition) is 0. The maximum atomic E-state index is 13.7. The number of aromatic nitrogens is 2. The van der Waals surface area contributed by atoms with Crippen molar-refractivity contribution in [2.24, 2.45) is 0 Å². The minimum absolute atomic E-state index is 0.149. The second-order valence-electron chi connectivity index (χ2n) is 8.98. The van der Waals surface area contributed by atoms with Crippen LogP contribution in [0, 0.1) is 0 Å². The lowest BCUT2D eigenvalue weighted by Crippen LogP contribution is -2.50. The highest BCUT2D eigenvalue weighted by molar-refractivity contribution is 5.97. The molecule has 31 heavy (non-hydrogen) atoms. The first-order valence-electron chi connectivity index (χ1n) is 11.6. The summed E-state index contributed by atoms with van der Waals surface area (Å²) >= 11 is 0. The number of carbonyl (C=O) groups excluding carboxylic acids is 1. The van der Waals surface area contributed by atoms with E-state index in [4.69, 9.17) is 4.74 Å². The molecule has 5 heteroatoms. The molecule has 0 aliphatic heterocycles. The number of rotatable bonds is 6. The molecule has 5 nitrogen and oxygen atoms in total. The highest BCUT2D eigenvalue weighted by Crippen LogP contribution is 2.35. The van der Waals surface area contributed by atoms with E-state index in [0.29, 0.717) is 23.4 Å². The summed E-state index contributed by atoms with van der Waals surface area (Å²) in [5.74, 6) is 0.827. The van der Waals surface area contributed by atoms with Gasteiger partial charge in [0.15, 0.2) is 0 Å². The highest BCUT2D eigenvalue weighted by atomic mass is 16.5. The third-order valence-electron chi connectivity index (χ3n) is 7.06. The van der Waals surface area contributed by atoms with E-state index < -0.39 is 0 Å². The lowest BCUT2D eigenvalue weighted by Gasteiger charge is -2.44. The number of amides is 1. The zero-order valence-corrected chi connectivity index (χ0v) is 18.3. The van der Waals surface area contributed by atoms with Crippen molar-refractivity contribution >= 4 is 16.9 Å². The predicted molar refractivity (Wildman–Crippen MR) is 123 cm³/mol. The van der Waals surface area contributed by atoms with E-state index in [1.165, 1.54) is 25.7 Å². The van der Waals surface area contributed by atoms with E-state index >= 15 is 0 Å². The summed E-state index contributed by atoms with van der Waals surface area (Å²) in [4.78, 5) is 20.3. The summed E-state index contributed by atoms with van der Waals surface area (Å²) in [7, 11) is 1.67. The number of nitrogens with zero attached hydrogens (tertiary/aromatic N) is 3. The van der Waals surface area contributed by atoms with Gasteiger partial charge in [0.05, 0.1) is 23.7 Å². The normalized spacial score (nSPS) is 17.5. The van der Waals surface area contributed by atoms with Gasteiger partial charge in [-0.3, -0.25) is 9.78 Å². The van der Waals surface area contributed by atoms with Crippen molar-refractivity contribution in [3.8, 4) is 5.75 Å². The van der Waals surface area contributed by atoms with Crippen LogP contribution in [0.25, 0.3) is 11.0 Å². The van der Waals surface area contributed by atoms with Gasteiger partial charge in [-0.25, -0.2) is 0 Å². The van der Waals surface area contributed by atoms with Gasteiger partial charge < -0.3 is 14.2 Å². The largest absolute Gasteiger partial charge is 0.496 e. The second kappa shape index (κ2) is 8.74. The minimum atomic E-state index is 0.149. The lowest BCUT2D eigenvalue weighted by molar-refractivity contribution is 0.0367. The van der Waals surface area contributed by atoms with Crippen LogP contribution in [0.5, 0.6) is 5.75 Å². The molecule has 2 aliphatic rings. The molecule has 0 N–H and O–H groups in total. The van der Waals surface area contributed by atoms with E-state index in [0.717, 1.165) is 48.8 Å². The molecule has 0 saturated heterocycles. The maximum absolute atomic E-state index is 13.7. The van der Waals surface area contributed by atoms with Crippen LogP contribution in [0.4, 0.5) is 0 Å². The van der Waals surface area contributed by atoms with Crippen molar-refractivity contribution in [3.05, 3.63) is 59.9 Å². The molecule has 162 valence electrons. The van der Waals surface area contributed by atoms with Crippen molar-refractivity contribution in [2.75, 3.05) is 7.11 Å². The Bertz CT molecular complexity index is 1060. The maximum Gasteiger partial charge on any atom is 0.258 e. The molecule has 2 fully saturated rings. The summed E-state index contributed by atoms with van der Waals surface area (Å²) < 4.78 is 7.90. The first kappa shape index (κ1) is 20.1. The molecule has 2 saturated carbocycles. The molecule has 0 bridgehead atoms. The van der Waals surface area contributed by atoms with Crippen LogP contribution in [0.3, 0.4) is 0 Å². The van der Waals surface area contributed by atoms with Crippen LogP contribution in [0.1, 0.15) is 67.3 Å². The third kappa shape index (κ3) is 3.93. The zero-order valence-electron chi connectivity index (χ0n) is 18.3. The zero-order chi connectivity index (χ0) is 21.2. The van der Waals surface area contributed by atoms with Gasteiger partial charge in [-0.15, -0.1) is 0 Å². The molecular weight excluding hydrogens is 386 g/mol. The van der Waals surface area contributed by atoms with Crippen molar-refractivity contribution < 1.29 is 9.53 Å². The van der Waals surface area contributed by atoms with Crippen molar-refractivity contribution in [3.63, 3.8) is 0 Å². The van der Waals surface area contributed by atoms with Crippen LogP contribution in [0.2, 0.25) is 0 Å². The van der Waals surface area contributed by atoms with Crippen molar-refractivity contribution in [2.45, 2.75) is 70.0 Å². The monoisotopic (exact) mass is 417 g/mol. The minimum Gasteiger partial charge on any atom is -0.496 e. The van der Waals surface area contributed by atoms with E-state index in [1.54, 1.807) is 7.11 Å². The Balaban J connectivity index is 1.41. The number of pyridine rings is 1. The van der Waals surface area contributed by atoms with E-state index in [1.807, 2.05) is 30.5 Å². The van der Waals surface area contributed by atoms with Gasteiger partial charge in [0.1, 0.15) is 5.75 Å². The molecule has 1 aromatic carbocycles. The van der Waals surface area contributed by atoms with E-state index in [-0.39, 0.29) is 5.91 Å². The Morgan fingerprint density at radius 1 is 1.06 bits per heavy atom. The fourth-order valence-corrected chi connectivity index (χ4v) is 5.16. The van der Waals surface area contributed by atoms with Gasteiger partial charge in [0.25, 0.3) is 5.91 Å². The lowest BCUT2D eigenvalue weighted by atomic mass is 9.86. The quantitative estimate of drug-likeness (QED) is 0.538. The number of carbonyl (C=O) groups is 1. The predicted octanol–water partition coefficient (Wildman–Crippen LogP) is 5.42. The van der Waals surface area contributed by atoms with Crippen molar-refractivity contribution in [1.29, 1.82) is 0 Å². The van der Waals surface area contributed by atoms with Crippen LogP contribution in [0.15, 0.2) is 48.8 Å². The Kier molecular flexibility index (Phi) is 5.66. The van der Waals surface area contributed by atoms with E-state index in [9.17, 15) is 4.79 Å². The van der Waals surface area contributed by atoms with Gasteiger partial charge in [0, 0.05) is 31.0 Å². The number of benzene rings is 1. The van der Waals surface area contributed by atoms with Crippen LogP contribution < -0.4 is 4.74 Å². The molecule has 2 aliphatic carbocycles. The number of hydrogen-bond acceptors (Lipinski definition) is 3. The van der Waals surface area contributed by atoms with Gasteiger partial charge in [0.2, 0.25) is 0 Å². The molecule has 1 amide bonds. The average molecular weight is 418 g/mol. The first-order chi connectivity index (χ1) is 15.2. The Morgan fingerprint density at radius 2 is 1.84 bits per heavy atom. The Morgan fingerprint density at radius 3 is 2.55 bits per heavy atom. The van der Waals surface area contributed by atoms with E-state index in [2.05, 4.69) is 32.8 Å². The van der Waals surface area contributed by atoms with Crippen molar-refractivity contribution in [1.82, 2.24) is 14.5 Å². The molecule has 0 unspecified atom stereocenters. The molecule has 2 heterocycles. The molecule has 5 rings (SSSR count). The standard InChI is InChI=1S/C26H31N3O2/c1-31-25-17-19(18-28-16-14-23-24(28)11-6-15-27-23)12-13-22(25)26(30)29(21-9-5-10-21)20-7-3-2-4-8-20/h6,11-17,20-21H,2-5,7-10,18H2,1H3. The highest BCUT2D eigenvalue weighted by Gasteiger charge is 2.36. The van der Waals surface area contributed by atoms with Gasteiger partial charge >= 0.3 is 0 Å². The third-order valence-corrected chi connectivity index (χ3v) is 7.06. The average Bonchev–Trinajstić information content (AvgIpc) is 3.19. The summed E-state index contributed by atoms with van der Waals surface area (Å²) in [5.41, 5.74) is 3.91. The summed E-state index contributed by atoms with van der Waals surface area (Å²) in [5, 5.41) is 0. The molecule has 0 radical (unpaired) electrons. The second-order valence-corrected chi connectivity index (χ2v) is 8.98. The molecule has 3 aromatic rings. The van der Waals surface area contributed by atoms with Crippen LogP contribution in [-0.2, 0) is 6.54 Å².